The molecule has 5 nitrogen and oxygen atoms in total. The highest BCUT2D eigenvalue weighted by Crippen LogP contribution is 2.28. The number of hydrogen-bond donors (Lipinski definition) is 0. The van der Waals surface area contributed by atoms with Crippen LogP contribution in [0.3, 0.4) is 0 Å². The van der Waals surface area contributed by atoms with Gasteiger partial charge in [-0.2, -0.15) is 13.2 Å². The Morgan fingerprint density at radius 1 is 1.07 bits per heavy atom. The summed E-state index contributed by atoms with van der Waals surface area (Å²) >= 11 is 0. The molecule has 1 saturated heterocycles. The number of piperazine rings is 1. The second-order valence-electron chi connectivity index (χ2n) is 7.07. The van der Waals surface area contributed by atoms with Gasteiger partial charge in [-0.15, -0.1) is 0 Å². The zero-order valence-corrected chi connectivity index (χ0v) is 15.8. The van der Waals surface area contributed by atoms with Crippen molar-refractivity contribution < 1.29 is 22.9 Å². The van der Waals surface area contributed by atoms with Crippen LogP contribution < -0.4 is 9.88 Å². The number of alkyl halides is 3. The van der Waals surface area contributed by atoms with E-state index in [9.17, 15) is 18.0 Å². The summed E-state index contributed by atoms with van der Waals surface area (Å²) in [6, 6.07) is 11.9. The van der Waals surface area contributed by atoms with Gasteiger partial charge in [-0.25, -0.2) is 4.98 Å². The molecule has 4 rings (SSSR count). The molecule has 3 heterocycles. The second kappa shape index (κ2) is 7.35. The van der Waals surface area contributed by atoms with E-state index >= 15 is 0 Å². The molecule has 8 heteroatoms. The number of pyridine rings is 2. The summed E-state index contributed by atoms with van der Waals surface area (Å²) in [5.41, 5.74) is 1.48. The number of carbonyl (C=O) groups excluding carboxylic acids is 1. The molecule has 0 bridgehead atoms. The number of halogens is 3. The normalized spacial score (nSPS) is 15.0. The SMILES string of the molecule is Cc1cc(C(=O)N2CCN(c3ccc(C(F)(F)F)c[nH+]3)CC2)c2ccccc2n1. The van der Waals surface area contributed by atoms with Gasteiger partial charge in [0.25, 0.3) is 11.7 Å². The van der Waals surface area contributed by atoms with Crippen LogP contribution in [0.25, 0.3) is 10.9 Å². The number of fused-ring (bicyclic) bond motifs is 1. The predicted octanol–water partition coefficient (Wildman–Crippen LogP) is 3.34. The highest BCUT2D eigenvalue weighted by Gasteiger charge is 2.33. The first-order valence-corrected chi connectivity index (χ1v) is 9.32. The fourth-order valence-electron chi connectivity index (χ4n) is 3.60. The third-order valence-electron chi connectivity index (χ3n) is 5.11. The molecule has 0 unspecified atom stereocenters. The summed E-state index contributed by atoms with van der Waals surface area (Å²) in [5, 5.41) is 0.821. The van der Waals surface area contributed by atoms with Crippen molar-refractivity contribution in [3.8, 4) is 0 Å². The largest absolute Gasteiger partial charge is 0.419 e. The molecule has 29 heavy (non-hydrogen) atoms. The summed E-state index contributed by atoms with van der Waals surface area (Å²) in [6.07, 6.45) is -3.40. The van der Waals surface area contributed by atoms with Crippen LogP contribution in [0.2, 0.25) is 0 Å². The van der Waals surface area contributed by atoms with Crippen molar-refractivity contribution >= 4 is 22.6 Å². The number of anilines is 1. The Hall–Kier alpha value is -3.16. The van der Waals surface area contributed by atoms with Crippen LogP contribution in [-0.4, -0.2) is 42.0 Å². The van der Waals surface area contributed by atoms with Crippen LogP contribution in [0.1, 0.15) is 21.6 Å². The standard InChI is InChI=1S/C21H19F3N4O/c1-14-12-17(16-4-2-3-5-18(16)26-14)20(29)28-10-8-27(9-11-28)19-7-6-15(13-25-19)21(22,23)24/h2-7,12-13H,8-11H2,1H3/p+1. The Bertz CT molecular complexity index is 1040. The maximum absolute atomic E-state index is 13.1. The molecule has 1 N–H and O–H groups in total. The number of nitrogens with zero attached hydrogens (tertiary/aromatic N) is 3. The van der Waals surface area contributed by atoms with Gasteiger partial charge in [-0.3, -0.25) is 14.7 Å². The van der Waals surface area contributed by atoms with Crippen LogP contribution in [0.5, 0.6) is 0 Å². The Kier molecular flexibility index (Phi) is 4.86. The van der Waals surface area contributed by atoms with Crippen molar-refractivity contribution in [2.75, 3.05) is 31.1 Å². The monoisotopic (exact) mass is 401 g/mol. The molecule has 0 radical (unpaired) electrons. The zero-order chi connectivity index (χ0) is 20.6. The van der Waals surface area contributed by atoms with E-state index in [4.69, 9.17) is 0 Å². The van der Waals surface area contributed by atoms with Crippen molar-refractivity contribution in [2.24, 2.45) is 0 Å². The van der Waals surface area contributed by atoms with Crippen molar-refractivity contribution in [1.29, 1.82) is 0 Å². The lowest BCUT2D eigenvalue weighted by atomic mass is 10.1. The van der Waals surface area contributed by atoms with Crippen LogP contribution in [-0.2, 0) is 6.18 Å². The number of aromatic amines is 1. The van der Waals surface area contributed by atoms with E-state index in [2.05, 4.69) is 9.97 Å². The number of aromatic nitrogens is 2. The first kappa shape index (κ1) is 19.2. The predicted molar refractivity (Wildman–Crippen MR) is 103 cm³/mol. The molecule has 1 fully saturated rings. The number of H-pyrrole nitrogens is 1. The quantitative estimate of drug-likeness (QED) is 0.662. The van der Waals surface area contributed by atoms with Crippen LogP contribution in [0.15, 0.2) is 48.7 Å². The maximum Gasteiger partial charge on any atom is 0.419 e. The van der Waals surface area contributed by atoms with Gasteiger partial charge < -0.3 is 4.90 Å². The van der Waals surface area contributed by atoms with Gasteiger partial charge in [0, 0.05) is 17.1 Å². The number of aryl methyl sites for hydroxylation is 1. The number of amides is 1. The topological polar surface area (TPSA) is 50.6 Å². The molecular formula is C21H20F3N4O+. The summed E-state index contributed by atoms with van der Waals surface area (Å²) < 4.78 is 38.2. The van der Waals surface area contributed by atoms with Crippen molar-refractivity contribution in [1.82, 2.24) is 9.88 Å². The molecule has 0 aliphatic carbocycles. The molecule has 0 saturated carbocycles. The minimum Gasteiger partial charge on any atom is -0.331 e. The third-order valence-corrected chi connectivity index (χ3v) is 5.11. The lowest BCUT2D eigenvalue weighted by molar-refractivity contribution is -0.367. The Labute approximate surface area is 165 Å². The number of hydrogen-bond acceptors (Lipinski definition) is 3. The smallest absolute Gasteiger partial charge is 0.331 e. The molecule has 2 aromatic heterocycles. The van der Waals surface area contributed by atoms with Crippen molar-refractivity contribution in [3.05, 3.63) is 65.5 Å². The van der Waals surface area contributed by atoms with E-state index in [-0.39, 0.29) is 5.91 Å². The first-order chi connectivity index (χ1) is 13.8. The minimum atomic E-state index is -4.37. The number of nitrogens with one attached hydrogen (secondary N) is 1. The number of benzene rings is 1. The van der Waals surface area contributed by atoms with E-state index in [0.29, 0.717) is 37.6 Å². The summed E-state index contributed by atoms with van der Waals surface area (Å²) in [6.45, 7) is 3.92. The lowest BCUT2D eigenvalue weighted by Crippen LogP contribution is -2.50. The van der Waals surface area contributed by atoms with Crippen LogP contribution >= 0.6 is 0 Å². The fourth-order valence-corrected chi connectivity index (χ4v) is 3.60. The fraction of sp³-hybridized carbons (Fsp3) is 0.286. The van der Waals surface area contributed by atoms with Crippen molar-refractivity contribution in [2.45, 2.75) is 13.1 Å². The zero-order valence-electron chi connectivity index (χ0n) is 15.8. The molecule has 1 aliphatic rings. The summed E-state index contributed by atoms with van der Waals surface area (Å²) in [5.74, 6) is 0.554. The number of carbonyl (C=O) groups is 1. The van der Waals surface area contributed by atoms with Gasteiger partial charge in [0.05, 0.1) is 29.7 Å². The average Bonchev–Trinajstić information content (AvgIpc) is 2.72. The second-order valence-corrected chi connectivity index (χ2v) is 7.07. The van der Waals surface area contributed by atoms with Gasteiger partial charge in [0.2, 0.25) is 0 Å². The van der Waals surface area contributed by atoms with Crippen LogP contribution in [0, 0.1) is 6.92 Å². The van der Waals surface area contributed by atoms with Gasteiger partial charge >= 0.3 is 6.18 Å². The van der Waals surface area contributed by atoms with E-state index in [0.717, 1.165) is 28.9 Å². The van der Waals surface area contributed by atoms with Gasteiger partial charge in [0.1, 0.15) is 19.3 Å². The third kappa shape index (κ3) is 3.87. The summed E-state index contributed by atoms with van der Waals surface area (Å²) in [7, 11) is 0. The number of para-hydroxylation sites is 1. The van der Waals surface area contributed by atoms with Crippen LogP contribution in [0.4, 0.5) is 19.0 Å². The maximum atomic E-state index is 13.1. The highest BCUT2D eigenvalue weighted by molar-refractivity contribution is 6.06. The van der Waals surface area contributed by atoms with Crippen molar-refractivity contribution in [3.63, 3.8) is 0 Å². The molecule has 1 aromatic carbocycles. The first-order valence-electron chi connectivity index (χ1n) is 9.32. The van der Waals surface area contributed by atoms with Gasteiger partial charge in [-0.05, 0) is 25.1 Å². The molecule has 150 valence electrons. The van der Waals surface area contributed by atoms with Gasteiger partial charge in [-0.1, -0.05) is 18.2 Å². The Morgan fingerprint density at radius 3 is 2.45 bits per heavy atom. The van der Waals surface area contributed by atoms with E-state index < -0.39 is 11.7 Å². The molecule has 3 aromatic rings. The molecule has 0 atom stereocenters. The van der Waals surface area contributed by atoms with E-state index in [1.54, 1.807) is 11.0 Å². The molecule has 1 amide bonds. The molecular weight excluding hydrogens is 381 g/mol. The average molecular weight is 401 g/mol. The Balaban J connectivity index is 1.48. The van der Waals surface area contributed by atoms with Gasteiger partial charge in [0.15, 0.2) is 0 Å². The lowest BCUT2D eigenvalue weighted by Gasteiger charge is -2.31. The molecule has 0 spiro atoms. The van der Waals surface area contributed by atoms with E-state index in [1.165, 1.54) is 6.07 Å². The van der Waals surface area contributed by atoms with E-state index in [1.807, 2.05) is 36.1 Å². The molecule has 1 aliphatic heterocycles. The highest BCUT2D eigenvalue weighted by atomic mass is 19.4. The number of rotatable bonds is 2. The Morgan fingerprint density at radius 2 is 1.79 bits per heavy atom. The minimum absolute atomic E-state index is 0.0530. The summed E-state index contributed by atoms with van der Waals surface area (Å²) in [4.78, 5) is 24.0.